The molecule has 0 aromatic rings. The number of rotatable bonds is 4. The summed E-state index contributed by atoms with van der Waals surface area (Å²) in [5, 5.41) is 0. The van der Waals surface area contributed by atoms with Crippen molar-refractivity contribution in [1.29, 1.82) is 0 Å². The first kappa shape index (κ1) is 12.1. The van der Waals surface area contributed by atoms with Gasteiger partial charge in [0.25, 0.3) is 0 Å². The Labute approximate surface area is 91.3 Å². The van der Waals surface area contributed by atoms with Crippen molar-refractivity contribution in [3.63, 3.8) is 0 Å². The number of hydrogen-bond acceptors (Lipinski definition) is 0. The highest BCUT2D eigenvalue weighted by atomic mass is 14.2. The van der Waals surface area contributed by atoms with E-state index in [1.807, 2.05) is 0 Å². The normalized spacial score (nSPS) is 31.0. The second-order valence-electron chi connectivity index (χ2n) is 5.26. The second-order valence-corrected chi connectivity index (χ2v) is 5.26. The maximum Gasteiger partial charge on any atom is 0.0699 e. The highest BCUT2D eigenvalue weighted by Crippen LogP contribution is 2.32. The van der Waals surface area contributed by atoms with Gasteiger partial charge in [0.05, 0.1) is 7.85 Å². The van der Waals surface area contributed by atoms with Crippen LogP contribution in [0.3, 0.4) is 0 Å². The molecule has 0 aromatic heterocycles. The van der Waals surface area contributed by atoms with Gasteiger partial charge in [-0.1, -0.05) is 71.0 Å². The largest absolute Gasteiger partial charge is 0.0771 e. The van der Waals surface area contributed by atoms with Crippen molar-refractivity contribution in [1.82, 2.24) is 0 Å². The van der Waals surface area contributed by atoms with Crippen LogP contribution >= 0.6 is 0 Å². The molecule has 1 aliphatic carbocycles. The molecule has 0 spiro atoms. The summed E-state index contributed by atoms with van der Waals surface area (Å²) >= 11 is 0. The maximum atomic E-state index is 6.10. The molecule has 0 aliphatic heterocycles. The summed E-state index contributed by atoms with van der Waals surface area (Å²) in [5.41, 5.74) is 0. The smallest absolute Gasteiger partial charge is 0.0699 e. The Morgan fingerprint density at radius 2 is 2.00 bits per heavy atom. The van der Waals surface area contributed by atoms with Gasteiger partial charge in [0.15, 0.2) is 0 Å². The summed E-state index contributed by atoms with van der Waals surface area (Å²) in [6, 6.07) is 0. The summed E-state index contributed by atoms with van der Waals surface area (Å²) < 4.78 is 0. The fraction of sp³-hybridized carbons (Fsp3) is 1.00. The molecule has 0 nitrogen and oxygen atoms in total. The molecule has 1 rings (SSSR count). The van der Waals surface area contributed by atoms with E-state index in [1.54, 1.807) is 0 Å². The van der Waals surface area contributed by atoms with Crippen molar-refractivity contribution >= 4 is 7.85 Å². The van der Waals surface area contributed by atoms with E-state index in [-0.39, 0.29) is 0 Å². The Hall–Kier alpha value is 0.0649. The van der Waals surface area contributed by atoms with Crippen LogP contribution in [-0.2, 0) is 0 Å². The summed E-state index contributed by atoms with van der Waals surface area (Å²) in [6.45, 7) is 4.63. The monoisotopic (exact) mass is 192 g/mol. The fourth-order valence-corrected chi connectivity index (χ4v) is 2.72. The Kier molecular flexibility index (Phi) is 5.66. The second kappa shape index (κ2) is 6.53. The summed E-state index contributed by atoms with van der Waals surface area (Å²) in [5.74, 6) is 2.36. The van der Waals surface area contributed by atoms with Crippen molar-refractivity contribution in [3.05, 3.63) is 0 Å². The van der Waals surface area contributed by atoms with E-state index in [2.05, 4.69) is 13.8 Å². The Morgan fingerprint density at radius 1 is 1.21 bits per heavy atom. The van der Waals surface area contributed by atoms with E-state index in [9.17, 15) is 0 Å². The Bertz CT molecular complexity index is 144. The van der Waals surface area contributed by atoms with Gasteiger partial charge in [-0.05, 0) is 11.8 Å². The molecule has 0 aromatic carbocycles. The van der Waals surface area contributed by atoms with Crippen LogP contribution in [-0.4, -0.2) is 7.85 Å². The third-order valence-electron chi connectivity index (χ3n) is 3.67. The molecule has 1 aliphatic rings. The summed E-state index contributed by atoms with van der Waals surface area (Å²) in [7, 11) is 6.10. The van der Waals surface area contributed by atoms with Crippen molar-refractivity contribution in [2.75, 3.05) is 0 Å². The minimum Gasteiger partial charge on any atom is -0.0771 e. The minimum atomic E-state index is 0.471. The van der Waals surface area contributed by atoms with Crippen LogP contribution in [0.1, 0.15) is 65.2 Å². The van der Waals surface area contributed by atoms with Gasteiger partial charge in [-0.25, -0.2) is 0 Å². The molecular formula is C13H25B. The molecule has 3 unspecified atom stereocenters. The third kappa shape index (κ3) is 4.53. The molecule has 3 atom stereocenters. The van der Waals surface area contributed by atoms with Crippen LogP contribution in [0.5, 0.6) is 0 Å². The van der Waals surface area contributed by atoms with E-state index < -0.39 is 0 Å². The molecule has 80 valence electrons. The molecule has 0 amide bonds. The van der Waals surface area contributed by atoms with E-state index >= 15 is 0 Å². The average molecular weight is 192 g/mol. The zero-order valence-electron chi connectivity index (χ0n) is 9.97. The van der Waals surface area contributed by atoms with Gasteiger partial charge in [-0.3, -0.25) is 0 Å². The van der Waals surface area contributed by atoms with Gasteiger partial charge in [-0.2, -0.15) is 0 Å². The lowest BCUT2D eigenvalue weighted by molar-refractivity contribution is 0.402. The predicted octanol–water partition coefficient (Wildman–Crippen LogP) is 4.35. The van der Waals surface area contributed by atoms with Crippen molar-refractivity contribution in [2.24, 2.45) is 11.8 Å². The molecule has 0 N–H and O–H groups in total. The summed E-state index contributed by atoms with van der Waals surface area (Å²) in [6.07, 6.45) is 10.9. The van der Waals surface area contributed by atoms with E-state index in [0.29, 0.717) is 5.82 Å². The van der Waals surface area contributed by atoms with E-state index in [1.165, 1.54) is 51.4 Å². The van der Waals surface area contributed by atoms with Crippen LogP contribution < -0.4 is 0 Å². The van der Waals surface area contributed by atoms with Crippen molar-refractivity contribution in [3.8, 4) is 0 Å². The lowest BCUT2D eigenvalue weighted by Gasteiger charge is -2.19. The van der Waals surface area contributed by atoms with Crippen LogP contribution in [0.25, 0.3) is 0 Å². The van der Waals surface area contributed by atoms with Gasteiger partial charge in [0.2, 0.25) is 0 Å². The van der Waals surface area contributed by atoms with Gasteiger partial charge in [0, 0.05) is 0 Å². The molecule has 1 fully saturated rings. The topological polar surface area (TPSA) is 0 Å². The standard InChI is InChI=1S/C13H25B/c1-3-5-13(14)10-12-7-4-6-11(2)8-9-12/h11-13H,3-10H2,1-2H3. The van der Waals surface area contributed by atoms with E-state index in [0.717, 1.165) is 11.8 Å². The van der Waals surface area contributed by atoms with Crippen molar-refractivity contribution < 1.29 is 0 Å². The van der Waals surface area contributed by atoms with Gasteiger partial charge in [0.1, 0.15) is 0 Å². The summed E-state index contributed by atoms with van der Waals surface area (Å²) in [4.78, 5) is 0. The lowest BCUT2D eigenvalue weighted by atomic mass is 9.75. The quantitative estimate of drug-likeness (QED) is 0.458. The lowest BCUT2D eigenvalue weighted by Crippen LogP contribution is -2.04. The highest BCUT2D eigenvalue weighted by Gasteiger charge is 2.17. The maximum absolute atomic E-state index is 6.10. The van der Waals surface area contributed by atoms with Gasteiger partial charge >= 0.3 is 0 Å². The Balaban J connectivity index is 2.22. The zero-order chi connectivity index (χ0) is 10.4. The molecular weight excluding hydrogens is 167 g/mol. The molecule has 1 saturated carbocycles. The van der Waals surface area contributed by atoms with E-state index in [4.69, 9.17) is 7.85 Å². The van der Waals surface area contributed by atoms with Crippen LogP contribution in [0, 0.1) is 11.8 Å². The average Bonchev–Trinajstić information content (AvgIpc) is 2.32. The van der Waals surface area contributed by atoms with Crippen molar-refractivity contribution in [2.45, 2.75) is 71.0 Å². The molecule has 2 radical (unpaired) electrons. The zero-order valence-corrected chi connectivity index (χ0v) is 9.97. The first-order valence-electron chi connectivity index (χ1n) is 6.48. The minimum absolute atomic E-state index is 0.471. The predicted molar refractivity (Wildman–Crippen MR) is 64.8 cm³/mol. The van der Waals surface area contributed by atoms with Crippen LogP contribution in [0.15, 0.2) is 0 Å². The van der Waals surface area contributed by atoms with Crippen LogP contribution in [0.2, 0.25) is 5.82 Å². The molecule has 14 heavy (non-hydrogen) atoms. The molecule has 1 heteroatoms. The Morgan fingerprint density at radius 3 is 2.71 bits per heavy atom. The number of hydrogen-bond donors (Lipinski definition) is 0. The van der Waals surface area contributed by atoms with Crippen LogP contribution in [0.4, 0.5) is 0 Å². The molecule has 0 bridgehead atoms. The van der Waals surface area contributed by atoms with Gasteiger partial charge < -0.3 is 0 Å². The first-order chi connectivity index (χ1) is 6.72. The van der Waals surface area contributed by atoms with Gasteiger partial charge in [-0.15, -0.1) is 0 Å². The molecule has 0 saturated heterocycles. The third-order valence-corrected chi connectivity index (χ3v) is 3.67. The molecule has 0 heterocycles. The SMILES string of the molecule is [B]C(CCC)CC1CCCC(C)CC1. The highest BCUT2D eigenvalue weighted by molar-refractivity contribution is 6.11. The fourth-order valence-electron chi connectivity index (χ4n) is 2.72. The first-order valence-corrected chi connectivity index (χ1v) is 6.48.